The summed E-state index contributed by atoms with van der Waals surface area (Å²) in [4.78, 5) is 27.0. The second kappa shape index (κ2) is 8.66. The van der Waals surface area contributed by atoms with E-state index in [1.807, 2.05) is 18.2 Å². The Bertz CT molecular complexity index is 863. The lowest BCUT2D eigenvalue weighted by Gasteiger charge is -2.33. The molecule has 0 unspecified atom stereocenters. The number of para-hydroxylation sites is 1. The van der Waals surface area contributed by atoms with E-state index in [1.165, 1.54) is 11.6 Å². The van der Waals surface area contributed by atoms with Crippen molar-refractivity contribution in [2.75, 3.05) is 13.1 Å². The van der Waals surface area contributed by atoms with Gasteiger partial charge in [0.05, 0.1) is 11.6 Å². The van der Waals surface area contributed by atoms with Gasteiger partial charge in [-0.15, -0.1) is 0 Å². The van der Waals surface area contributed by atoms with Gasteiger partial charge >= 0.3 is 0 Å². The molecule has 2 aromatic carbocycles. The average Bonchev–Trinajstić information content (AvgIpc) is 3.25. The van der Waals surface area contributed by atoms with E-state index in [0.717, 1.165) is 25.7 Å². The molecule has 4 rings (SSSR count). The normalized spacial score (nSPS) is 22.4. The lowest BCUT2D eigenvalue weighted by Crippen LogP contribution is -2.50. The van der Waals surface area contributed by atoms with Crippen LogP contribution in [0.15, 0.2) is 54.6 Å². The van der Waals surface area contributed by atoms with Gasteiger partial charge in [0.25, 0.3) is 5.91 Å². The van der Waals surface area contributed by atoms with Crippen LogP contribution in [0.5, 0.6) is 5.75 Å². The highest BCUT2D eigenvalue weighted by atomic mass is 16.3. The number of nitrogens with zero attached hydrogens (tertiary/aromatic N) is 1. The summed E-state index contributed by atoms with van der Waals surface area (Å²) in [5.74, 6) is -0.0989. The molecule has 0 bridgehead atoms. The van der Waals surface area contributed by atoms with Gasteiger partial charge in [-0.1, -0.05) is 42.5 Å². The molecular weight excluding hydrogens is 366 g/mol. The van der Waals surface area contributed by atoms with Crippen molar-refractivity contribution in [2.45, 2.75) is 43.8 Å². The number of phenolic OH excluding ortho intramolecular Hbond substituents is 1. The highest BCUT2D eigenvalue weighted by Crippen LogP contribution is 2.27. The minimum Gasteiger partial charge on any atom is -0.507 e. The molecule has 152 valence electrons. The second-order valence-electron chi connectivity index (χ2n) is 7.85. The van der Waals surface area contributed by atoms with Gasteiger partial charge in [-0.3, -0.25) is 14.9 Å². The molecule has 2 heterocycles. The van der Waals surface area contributed by atoms with Crippen LogP contribution in [0.4, 0.5) is 0 Å². The number of piperidine rings is 1. The summed E-state index contributed by atoms with van der Waals surface area (Å²) >= 11 is 0. The van der Waals surface area contributed by atoms with Gasteiger partial charge in [0.15, 0.2) is 0 Å². The van der Waals surface area contributed by atoms with Gasteiger partial charge in [-0.05, 0) is 43.4 Å². The third-order valence-electron chi connectivity index (χ3n) is 5.93. The first-order chi connectivity index (χ1) is 14.1. The van der Waals surface area contributed by atoms with Crippen LogP contribution in [-0.4, -0.2) is 47.0 Å². The Hall–Kier alpha value is -2.86. The number of rotatable bonds is 4. The molecule has 0 spiro atoms. The molecule has 0 aromatic heterocycles. The first-order valence-corrected chi connectivity index (χ1v) is 10.3. The van der Waals surface area contributed by atoms with Crippen LogP contribution in [0.1, 0.15) is 47.6 Å². The number of likely N-dealkylation sites (tertiary alicyclic amines) is 1. The predicted molar refractivity (Wildman–Crippen MR) is 111 cm³/mol. The molecule has 2 atom stereocenters. The highest BCUT2D eigenvalue weighted by Gasteiger charge is 2.32. The molecule has 6 nitrogen and oxygen atoms in total. The van der Waals surface area contributed by atoms with Gasteiger partial charge in [0, 0.05) is 25.2 Å². The Morgan fingerprint density at radius 3 is 2.34 bits per heavy atom. The molecule has 2 amide bonds. The van der Waals surface area contributed by atoms with Crippen LogP contribution in [0.25, 0.3) is 0 Å². The van der Waals surface area contributed by atoms with E-state index in [1.54, 1.807) is 23.1 Å². The topological polar surface area (TPSA) is 81.7 Å². The number of phenols is 1. The number of aromatic hydroxyl groups is 1. The van der Waals surface area contributed by atoms with Crippen molar-refractivity contribution >= 4 is 11.8 Å². The maximum Gasteiger partial charge on any atom is 0.257 e. The van der Waals surface area contributed by atoms with Crippen molar-refractivity contribution in [1.29, 1.82) is 0 Å². The maximum atomic E-state index is 12.7. The van der Waals surface area contributed by atoms with Crippen LogP contribution in [0.3, 0.4) is 0 Å². The van der Waals surface area contributed by atoms with Crippen molar-refractivity contribution < 1.29 is 14.7 Å². The summed E-state index contributed by atoms with van der Waals surface area (Å²) in [7, 11) is 0. The fourth-order valence-corrected chi connectivity index (χ4v) is 4.25. The molecule has 2 saturated heterocycles. The zero-order chi connectivity index (χ0) is 20.2. The zero-order valence-electron chi connectivity index (χ0n) is 16.4. The van der Waals surface area contributed by atoms with Gasteiger partial charge in [0.1, 0.15) is 5.75 Å². The van der Waals surface area contributed by atoms with E-state index < -0.39 is 0 Å². The monoisotopic (exact) mass is 393 g/mol. The molecule has 0 radical (unpaired) electrons. The summed E-state index contributed by atoms with van der Waals surface area (Å²) in [6.45, 7) is 1.14. The molecule has 2 fully saturated rings. The standard InChI is InChI=1S/C23H27N3O3/c27-21-9-5-4-8-18(21)23(29)26-14-12-17(13-15-26)24-22(28)20-11-10-19(25-20)16-6-2-1-3-7-16/h1-9,17,19-20,25,27H,10-15H2,(H,24,28)/t19-,20+/m1/s1. The Kier molecular flexibility index (Phi) is 5.81. The van der Waals surface area contributed by atoms with E-state index in [4.69, 9.17) is 0 Å². The van der Waals surface area contributed by atoms with E-state index >= 15 is 0 Å². The molecular formula is C23H27N3O3. The van der Waals surface area contributed by atoms with Crippen LogP contribution >= 0.6 is 0 Å². The predicted octanol–water partition coefficient (Wildman–Crippen LogP) is 2.61. The first kappa shape index (κ1) is 19.5. The molecule has 29 heavy (non-hydrogen) atoms. The van der Waals surface area contributed by atoms with Gasteiger partial charge in [-0.2, -0.15) is 0 Å². The van der Waals surface area contributed by atoms with Crippen LogP contribution in [-0.2, 0) is 4.79 Å². The fraction of sp³-hybridized carbons (Fsp3) is 0.391. The number of carbonyl (C=O) groups excluding carboxylic acids is 2. The van der Waals surface area contributed by atoms with Crippen molar-refractivity contribution in [2.24, 2.45) is 0 Å². The quantitative estimate of drug-likeness (QED) is 0.746. The zero-order valence-corrected chi connectivity index (χ0v) is 16.4. The summed E-state index contributed by atoms with van der Waals surface area (Å²) in [6.07, 6.45) is 3.23. The Labute approximate surface area is 170 Å². The number of carbonyl (C=O) groups is 2. The summed E-state index contributed by atoms with van der Waals surface area (Å²) in [5, 5.41) is 16.5. The van der Waals surface area contributed by atoms with E-state index in [0.29, 0.717) is 18.7 Å². The fourth-order valence-electron chi connectivity index (χ4n) is 4.25. The maximum absolute atomic E-state index is 12.7. The molecule has 3 N–H and O–H groups in total. The third-order valence-corrected chi connectivity index (χ3v) is 5.93. The van der Waals surface area contributed by atoms with Gasteiger partial charge < -0.3 is 15.3 Å². The molecule has 0 aliphatic carbocycles. The molecule has 2 aromatic rings. The van der Waals surface area contributed by atoms with E-state index in [-0.39, 0.29) is 35.7 Å². The third kappa shape index (κ3) is 4.43. The SMILES string of the molecule is O=C(NC1CCN(C(=O)c2ccccc2O)CC1)[C@@H]1CC[C@H](c2ccccc2)N1. The Morgan fingerprint density at radius 1 is 0.931 bits per heavy atom. The molecule has 2 aliphatic rings. The van der Waals surface area contributed by atoms with Crippen molar-refractivity contribution in [3.63, 3.8) is 0 Å². The average molecular weight is 393 g/mol. The number of amides is 2. The van der Waals surface area contributed by atoms with Crippen molar-refractivity contribution in [3.8, 4) is 5.75 Å². The van der Waals surface area contributed by atoms with Gasteiger partial charge in [0.2, 0.25) is 5.91 Å². The Morgan fingerprint density at radius 2 is 1.62 bits per heavy atom. The number of benzene rings is 2. The van der Waals surface area contributed by atoms with E-state index in [9.17, 15) is 14.7 Å². The van der Waals surface area contributed by atoms with Crippen molar-refractivity contribution in [1.82, 2.24) is 15.5 Å². The Balaban J connectivity index is 1.26. The highest BCUT2D eigenvalue weighted by molar-refractivity contribution is 5.96. The molecule has 0 saturated carbocycles. The lowest BCUT2D eigenvalue weighted by atomic mass is 10.0. The minimum atomic E-state index is -0.166. The summed E-state index contributed by atoms with van der Waals surface area (Å²) < 4.78 is 0. The first-order valence-electron chi connectivity index (χ1n) is 10.3. The largest absolute Gasteiger partial charge is 0.507 e. The second-order valence-corrected chi connectivity index (χ2v) is 7.85. The van der Waals surface area contributed by atoms with Crippen molar-refractivity contribution in [3.05, 3.63) is 65.7 Å². The molecule has 2 aliphatic heterocycles. The smallest absolute Gasteiger partial charge is 0.257 e. The van der Waals surface area contributed by atoms with Gasteiger partial charge in [-0.25, -0.2) is 0 Å². The van der Waals surface area contributed by atoms with Crippen LogP contribution < -0.4 is 10.6 Å². The summed E-state index contributed by atoms with van der Waals surface area (Å²) in [5.41, 5.74) is 1.55. The van der Waals surface area contributed by atoms with Crippen LogP contribution in [0, 0.1) is 0 Å². The number of nitrogens with one attached hydrogen (secondary N) is 2. The number of hydrogen-bond acceptors (Lipinski definition) is 4. The lowest BCUT2D eigenvalue weighted by molar-refractivity contribution is -0.123. The minimum absolute atomic E-state index is 0.00760. The van der Waals surface area contributed by atoms with E-state index in [2.05, 4.69) is 22.8 Å². The van der Waals surface area contributed by atoms with Crippen LogP contribution in [0.2, 0.25) is 0 Å². The number of hydrogen-bond donors (Lipinski definition) is 3. The summed E-state index contributed by atoms with van der Waals surface area (Å²) in [6, 6.07) is 17.0. The molecule has 6 heteroatoms.